The molecule has 0 aromatic heterocycles. The van der Waals surface area contributed by atoms with E-state index in [1.54, 1.807) is 0 Å². The number of benzene rings is 2. The van der Waals surface area contributed by atoms with Gasteiger partial charge in [0, 0.05) is 24.4 Å². The molecule has 0 radical (unpaired) electrons. The normalized spacial score (nSPS) is 20.1. The van der Waals surface area contributed by atoms with E-state index in [0.29, 0.717) is 13.2 Å². The highest BCUT2D eigenvalue weighted by Gasteiger charge is 2.45. The minimum absolute atomic E-state index is 0.165. The second kappa shape index (κ2) is 10.1. The molecule has 1 N–H and O–H groups in total. The number of rotatable bonds is 8. The first kappa shape index (κ1) is 24.3. The molecule has 4 heteroatoms. The molecule has 32 heavy (non-hydrogen) atoms. The van der Waals surface area contributed by atoms with Crippen molar-refractivity contribution in [3.05, 3.63) is 71.3 Å². The van der Waals surface area contributed by atoms with Gasteiger partial charge < -0.3 is 19.5 Å². The SMILES string of the molecule is CC=CCOC1C(OCC)c2cc(NCc3ccc(C(C)(C)C)cc3)ccc2OC1(C)C. The van der Waals surface area contributed by atoms with Gasteiger partial charge in [-0.2, -0.15) is 0 Å². The topological polar surface area (TPSA) is 39.7 Å². The zero-order valence-corrected chi connectivity index (χ0v) is 20.7. The largest absolute Gasteiger partial charge is 0.485 e. The molecule has 4 nitrogen and oxygen atoms in total. The van der Waals surface area contributed by atoms with Gasteiger partial charge in [-0.3, -0.25) is 0 Å². The maximum Gasteiger partial charge on any atom is 0.132 e. The van der Waals surface area contributed by atoms with Crippen LogP contribution in [-0.4, -0.2) is 24.9 Å². The molecule has 0 bridgehead atoms. The van der Waals surface area contributed by atoms with Gasteiger partial charge in [0.25, 0.3) is 0 Å². The summed E-state index contributed by atoms with van der Waals surface area (Å²) in [4.78, 5) is 0. The average Bonchev–Trinajstić information content (AvgIpc) is 2.74. The number of hydrogen-bond acceptors (Lipinski definition) is 4. The van der Waals surface area contributed by atoms with Crippen molar-refractivity contribution in [2.45, 2.75) is 78.2 Å². The Morgan fingerprint density at radius 2 is 1.78 bits per heavy atom. The van der Waals surface area contributed by atoms with E-state index in [9.17, 15) is 0 Å². The molecule has 174 valence electrons. The molecule has 0 fully saturated rings. The number of fused-ring (bicyclic) bond motifs is 1. The molecule has 2 atom stereocenters. The summed E-state index contributed by atoms with van der Waals surface area (Å²) in [7, 11) is 0. The van der Waals surface area contributed by atoms with E-state index in [2.05, 4.69) is 76.3 Å². The zero-order valence-electron chi connectivity index (χ0n) is 20.7. The van der Waals surface area contributed by atoms with Gasteiger partial charge in [0.1, 0.15) is 23.6 Å². The average molecular weight is 438 g/mol. The number of nitrogens with one attached hydrogen (secondary N) is 1. The smallest absolute Gasteiger partial charge is 0.132 e. The van der Waals surface area contributed by atoms with Gasteiger partial charge in [0.2, 0.25) is 0 Å². The van der Waals surface area contributed by atoms with E-state index in [1.807, 2.05) is 32.1 Å². The Morgan fingerprint density at radius 1 is 1.06 bits per heavy atom. The molecule has 2 aromatic carbocycles. The van der Waals surface area contributed by atoms with Crippen LogP contribution >= 0.6 is 0 Å². The molecule has 0 saturated carbocycles. The summed E-state index contributed by atoms with van der Waals surface area (Å²) in [5.41, 5.74) is 4.35. The van der Waals surface area contributed by atoms with Crippen LogP contribution in [0.15, 0.2) is 54.6 Å². The van der Waals surface area contributed by atoms with E-state index in [-0.39, 0.29) is 17.6 Å². The van der Waals surface area contributed by atoms with Crippen molar-refractivity contribution >= 4 is 5.69 Å². The van der Waals surface area contributed by atoms with Gasteiger partial charge in [-0.05, 0) is 62.4 Å². The quantitative estimate of drug-likeness (QED) is 0.461. The summed E-state index contributed by atoms with van der Waals surface area (Å²) in [6.07, 6.45) is 3.62. The molecule has 1 heterocycles. The lowest BCUT2D eigenvalue weighted by Crippen LogP contribution is -2.51. The third-order valence-electron chi connectivity index (χ3n) is 5.92. The van der Waals surface area contributed by atoms with Gasteiger partial charge in [-0.25, -0.2) is 0 Å². The summed E-state index contributed by atoms with van der Waals surface area (Å²) in [6.45, 7) is 16.8. The number of ether oxygens (including phenoxy) is 3. The van der Waals surface area contributed by atoms with Crippen molar-refractivity contribution in [2.24, 2.45) is 0 Å². The number of anilines is 1. The summed E-state index contributed by atoms with van der Waals surface area (Å²) in [5, 5.41) is 3.56. The maximum atomic E-state index is 6.35. The van der Waals surface area contributed by atoms with Crippen LogP contribution in [0.1, 0.15) is 71.3 Å². The lowest BCUT2D eigenvalue weighted by molar-refractivity contribution is -0.155. The second-order valence-electron chi connectivity index (χ2n) is 9.96. The van der Waals surface area contributed by atoms with Crippen molar-refractivity contribution in [1.82, 2.24) is 0 Å². The highest BCUT2D eigenvalue weighted by Crippen LogP contribution is 2.44. The Bertz CT molecular complexity index is 909. The van der Waals surface area contributed by atoms with Gasteiger partial charge >= 0.3 is 0 Å². The molecule has 2 unspecified atom stereocenters. The maximum absolute atomic E-state index is 6.35. The van der Waals surface area contributed by atoms with Crippen LogP contribution in [0.2, 0.25) is 0 Å². The van der Waals surface area contributed by atoms with Crippen LogP contribution in [0.4, 0.5) is 5.69 Å². The molecular formula is C28H39NO3. The Labute approximate surface area is 194 Å². The summed E-state index contributed by atoms with van der Waals surface area (Å²) < 4.78 is 18.8. The Morgan fingerprint density at radius 3 is 2.41 bits per heavy atom. The molecule has 0 aliphatic carbocycles. The third-order valence-corrected chi connectivity index (χ3v) is 5.92. The second-order valence-corrected chi connectivity index (χ2v) is 9.96. The van der Waals surface area contributed by atoms with Crippen LogP contribution < -0.4 is 10.1 Å². The zero-order chi connectivity index (χ0) is 23.4. The van der Waals surface area contributed by atoms with E-state index in [4.69, 9.17) is 14.2 Å². The summed E-state index contributed by atoms with van der Waals surface area (Å²) >= 11 is 0. The summed E-state index contributed by atoms with van der Waals surface area (Å²) in [6, 6.07) is 15.1. The first-order chi connectivity index (χ1) is 15.2. The minimum atomic E-state index is -0.488. The van der Waals surface area contributed by atoms with Gasteiger partial charge in [-0.1, -0.05) is 57.2 Å². The molecule has 2 aromatic rings. The highest BCUT2D eigenvalue weighted by atomic mass is 16.6. The molecule has 1 aliphatic heterocycles. The first-order valence-corrected chi connectivity index (χ1v) is 11.7. The fourth-order valence-corrected chi connectivity index (χ4v) is 4.07. The van der Waals surface area contributed by atoms with Crippen molar-refractivity contribution in [2.75, 3.05) is 18.5 Å². The predicted molar refractivity (Wildman–Crippen MR) is 133 cm³/mol. The highest BCUT2D eigenvalue weighted by molar-refractivity contribution is 5.54. The van der Waals surface area contributed by atoms with Gasteiger partial charge in [0.15, 0.2) is 0 Å². The molecular weight excluding hydrogens is 398 g/mol. The van der Waals surface area contributed by atoms with Crippen molar-refractivity contribution in [1.29, 1.82) is 0 Å². The number of allylic oxidation sites excluding steroid dienone is 1. The number of hydrogen-bond donors (Lipinski definition) is 1. The van der Waals surface area contributed by atoms with E-state index in [0.717, 1.165) is 23.5 Å². The predicted octanol–water partition coefficient (Wildman–Crippen LogP) is 6.81. The van der Waals surface area contributed by atoms with Gasteiger partial charge in [-0.15, -0.1) is 0 Å². The molecule has 0 spiro atoms. The molecule has 0 amide bonds. The fraction of sp³-hybridized carbons (Fsp3) is 0.500. The molecule has 0 saturated heterocycles. The van der Waals surface area contributed by atoms with Crippen molar-refractivity contribution in [3.8, 4) is 5.75 Å². The Balaban J connectivity index is 1.79. The monoisotopic (exact) mass is 437 g/mol. The lowest BCUT2D eigenvalue weighted by atomic mass is 9.87. The standard InChI is InChI=1S/C28H39NO3/c1-8-10-17-31-26-25(30-9-2)23-18-22(15-16-24(23)32-28(26,6)7)29-19-20-11-13-21(14-12-20)27(3,4)5/h8,10-16,18,25-26,29H,9,17,19H2,1-7H3. The van der Waals surface area contributed by atoms with E-state index < -0.39 is 5.60 Å². The first-order valence-electron chi connectivity index (χ1n) is 11.7. The van der Waals surface area contributed by atoms with Crippen molar-refractivity contribution < 1.29 is 14.2 Å². The van der Waals surface area contributed by atoms with Gasteiger partial charge in [0.05, 0.1) is 6.61 Å². The van der Waals surface area contributed by atoms with Crippen LogP contribution in [0.25, 0.3) is 0 Å². The summed E-state index contributed by atoms with van der Waals surface area (Å²) in [5.74, 6) is 0.861. The van der Waals surface area contributed by atoms with E-state index >= 15 is 0 Å². The molecule has 3 rings (SSSR count). The van der Waals surface area contributed by atoms with Crippen LogP contribution in [0, 0.1) is 0 Å². The van der Waals surface area contributed by atoms with Crippen molar-refractivity contribution in [3.63, 3.8) is 0 Å². The fourth-order valence-electron chi connectivity index (χ4n) is 4.07. The lowest BCUT2D eigenvalue weighted by Gasteiger charge is -2.44. The Hall–Kier alpha value is -2.30. The van der Waals surface area contributed by atoms with E-state index in [1.165, 1.54) is 11.1 Å². The molecule has 1 aliphatic rings. The van der Waals surface area contributed by atoms with Crippen LogP contribution in [0.5, 0.6) is 5.75 Å². The van der Waals surface area contributed by atoms with Crippen LogP contribution in [-0.2, 0) is 21.4 Å². The third kappa shape index (κ3) is 5.73. The minimum Gasteiger partial charge on any atom is -0.485 e. The van der Waals surface area contributed by atoms with Crippen LogP contribution in [0.3, 0.4) is 0 Å². The Kier molecular flexibility index (Phi) is 7.68.